The Hall–Kier alpha value is -4.17. The standard InChI is InChI=1S/C25H22N4O4/c1-15-7-3-4-8-16(15)14-29-22(30)18-9-5-6-10-19(18)25(29,32)17-11-12-20-21(13-17)27-23(26-20)28-24(31)33-2/h3-13,32H,14H2,1-2H3,(H2,26,27,28,31). The number of nitrogens with one attached hydrogen (secondary N) is 2. The van der Waals surface area contributed by atoms with Gasteiger partial charge in [0.25, 0.3) is 5.91 Å². The molecular weight excluding hydrogens is 420 g/mol. The topological polar surface area (TPSA) is 108 Å². The normalized spacial score (nSPS) is 17.3. The fraction of sp³-hybridized carbons (Fsp3) is 0.160. The first kappa shape index (κ1) is 20.7. The summed E-state index contributed by atoms with van der Waals surface area (Å²) in [6.45, 7) is 2.22. The van der Waals surface area contributed by atoms with Gasteiger partial charge in [-0.3, -0.25) is 15.0 Å². The van der Waals surface area contributed by atoms with Gasteiger partial charge in [-0.2, -0.15) is 0 Å². The molecule has 0 radical (unpaired) electrons. The van der Waals surface area contributed by atoms with Gasteiger partial charge in [0.2, 0.25) is 5.95 Å². The molecule has 3 N–H and O–H groups in total. The zero-order chi connectivity index (χ0) is 23.2. The van der Waals surface area contributed by atoms with E-state index in [1.165, 1.54) is 12.0 Å². The fourth-order valence-corrected chi connectivity index (χ4v) is 4.30. The molecule has 1 atom stereocenters. The van der Waals surface area contributed by atoms with Gasteiger partial charge in [0, 0.05) is 23.2 Å². The molecule has 1 aliphatic rings. The van der Waals surface area contributed by atoms with E-state index in [2.05, 4.69) is 20.0 Å². The second-order valence-electron chi connectivity index (χ2n) is 7.97. The average molecular weight is 442 g/mol. The minimum absolute atomic E-state index is 0.223. The number of anilines is 1. The van der Waals surface area contributed by atoms with E-state index in [0.29, 0.717) is 27.7 Å². The lowest BCUT2D eigenvalue weighted by molar-refractivity contribution is -0.0542. The summed E-state index contributed by atoms with van der Waals surface area (Å²) in [5.41, 5.74) is 2.97. The summed E-state index contributed by atoms with van der Waals surface area (Å²) < 4.78 is 4.61. The number of methoxy groups -OCH3 is 1. The molecule has 0 fully saturated rings. The first-order valence-corrected chi connectivity index (χ1v) is 10.5. The zero-order valence-corrected chi connectivity index (χ0v) is 18.1. The van der Waals surface area contributed by atoms with E-state index in [0.717, 1.165) is 11.1 Å². The van der Waals surface area contributed by atoms with Crippen molar-refractivity contribution in [2.24, 2.45) is 0 Å². The number of nitrogens with zero attached hydrogens (tertiary/aromatic N) is 2. The highest BCUT2D eigenvalue weighted by molar-refractivity contribution is 6.00. The summed E-state index contributed by atoms with van der Waals surface area (Å²) in [5, 5.41) is 14.6. The summed E-state index contributed by atoms with van der Waals surface area (Å²) in [6.07, 6.45) is -0.646. The summed E-state index contributed by atoms with van der Waals surface area (Å²) >= 11 is 0. The molecule has 8 nitrogen and oxygen atoms in total. The predicted octanol–water partition coefficient (Wildman–Crippen LogP) is 3.90. The maximum Gasteiger partial charge on any atom is 0.413 e. The number of rotatable bonds is 4. The van der Waals surface area contributed by atoms with Crippen LogP contribution >= 0.6 is 0 Å². The number of aryl methyl sites for hydroxylation is 1. The minimum Gasteiger partial charge on any atom is -0.453 e. The molecule has 166 valence electrons. The molecule has 2 amide bonds. The van der Waals surface area contributed by atoms with Gasteiger partial charge in [-0.1, -0.05) is 48.5 Å². The molecule has 33 heavy (non-hydrogen) atoms. The average Bonchev–Trinajstić information content (AvgIpc) is 3.32. The molecule has 0 spiro atoms. The second kappa shape index (κ2) is 7.75. The van der Waals surface area contributed by atoms with Crippen LogP contribution in [0.2, 0.25) is 0 Å². The van der Waals surface area contributed by atoms with Crippen molar-refractivity contribution < 1.29 is 19.4 Å². The SMILES string of the molecule is COC(=O)Nc1nc2cc(C3(O)c4ccccc4C(=O)N3Cc3ccccc3C)ccc2[nH]1. The third-order valence-corrected chi connectivity index (χ3v) is 6.05. The highest BCUT2D eigenvalue weighted by atomic mass is 16.5. The minimum atomic E-state index is -1.68. The Morgan fingerprint density at radius 1 is 1.15 bits per heavy atom. The number of aliphatic hydroxyl groups is 1. The molecule has 1 unspecified atom stereocenters. The Morgan fingerprint density at radius 2 is 1.91 bits per heavy atom. The number of carbonyl (C=O) groups excluding carboxylic acids is 2. The molecule has 2 heterocycles. The first-order valence-electron chi connectivity index (χ1n) is 10.5. The number of hydrogen-bond acceptors (Lipinski definition) is 5. The van der Waals surface area contributed by atoms with Crippen LogP contribution in [0, 0.1) is 6.92 Å². The number of imidazole rings is 1. The largest absolute Gasteiger partial charge is 0.453 e. The Kier molecular flexibility index (Phi) is 4.87. The van der Waals surface area contributed by atoms with Gasteiger partial charge < -0.3 is 14.8 Å². The molecule has 3 aromatic carbocycles. The van der Waals surface area contributed by atoms with Crippen LogP contribution in [-0.2, 0) is 17.0 Å². The number of benzene rings is 3. The first-order chi connectivity index (χ1) is 15.9. The Morgan fingerprint density at radius 3 is 2.70 bits per heavy atom. The molecule has 4 aromatic rings. The smallest absolute Gasteiger partial charge is 0.413 e. The molecule has 1 aromatic heterocycles. The van der Waals surface area contributed by atoms with E-state index in [4.69, 9.17) is 0 Å². The van der Waals surface area contributed by atoms with E-state index in [-0.39, 0.29) is 18.4 Å². The molecule has 0 aliphatic carbocycles. The molecule has 0 saturated carbocycles. The number of hydrogen-bond donors (Lipinski definition) is 3. The summed E-state index contributed by atoms with van der Waals surface area (Å²) in [4.78, 5) is 33.8. The maximum absolute atomic E-state index is 13.4. The van der Waals surface area contributed by atoms with Crippen molar-refractivity contribution in [2.45, 2.75) is 19.2 Å². The van der Waals surface area contributed by atoms with Gasteiger partial charge in [0.05, 0.1) is 18.1 Å². The number of H-pyrrole nitrogens is 1. The molecule has 1 aliphatic heterocycles. The van der Waals surface area contributed by atoms with Gasteiger partial charge in [0.15, 0.2) is 5.72 Å². The molecule has 8 heteroatoms. The van der Waals surface area contributed by atoms with Crippen LogP contribution < -0.4 is 5.32 Å². The van der Waals surface area contributed by atoms with Crippen LogP contribution in [0.5, 0.6) is 0 Å². The van der Waals surface area contributed by atoms with Crippen LogP contribution in [0.1, 0.15) is 32.6 Å². The van der Waals surface area contributed by atoms with Crippen LogP contribution in [0.25, 0.3) is 11.0 Å². The molecule has 5 rings (SSSR count). The molecule has 0 saturated heterocycles. The van der Waals surface area contributed by atoms with Crippen molar-refractivity contribution in [1.29, 1.82) is 0 Å². The van der Waals surface area contributed by atoms with E-state index >= 15 is 0 Å². The highest BCUT2D eigenvalue weighted by Gasteiger charge is 2.49. The van der Waals surface area contributed by atoms with Crippen LogP contribution in [0.3, 0.4) is 0 Å². The summed E-state index contributed by atoms with van der Waals surface area (Å²) in [6, 6.07) is 20.1. The fourth-order valence-electron chi connectivity index (χ4n) is 4.30. The van der Waals surface area contributed by atoms with Crippen molar-refractivity contribution >= 4 is 29.0 Å². The van der Waals surface area contributed by atoms with Crippen molar-refractivity contribution in [3.8, 4) is 0 Å². The van der Waals surface area contributed by atoms with E-state index < -0.39 is 11.8 Å². The third-order valence-electron chi connectivity index (χ3n) is 6.05. The van der Waals surface area contributed by atoms with Crippen LogP contribution in [0.4, 0.5) is 10.7 Å². The zero-order valence-electron chi connectivity index (χ0n) is 18.1. The molecule has 0 bridgehead atoms. The van der Waals surface area contributed by atoms with E-state index in [1.807, 2.05) is 31.2 Å². The van der Waals surface area contributed by atoms with Gasteiger partial charge in [-0.25, -0.2) is 9.78 Å². The van der Waals surface area contributed by atoms with Gasteiger partial charge >= 0.3 is 6.09 Å². The lowest BCUT2D eigenvalue weighted by atomic mass is 9.93. The van der Waals surface area contributed by atoms with Crippen LogP contribution in [-0.4, -0.2) is 39.1 Å². The number of amides is 2. The van der Waals surface area contributed by atoms with Crippen molar-refractivity contribution in [3.05, 3.63) is 94.5 Å². The van der Waals surface area contributed by atoms with E-state index in [9.17, 15) is 14.7 Å². The summed E-state index contributed by atoms with van der Waals surface area (Å²) in [7, 11) is 1.27. The quantitative estimate of drug-likeness (QED) is 0.444. The van der Waals surface area contributed by atoms with Gasteiger partial charge in [0.1, 0.15) is 0 Å². The maximum atomic E-state index is 13.4. The number of aromatic nitrogens is 2. The van der Waals surface area contributed by atoms with Crippen molar-refractivity contribution in [1.82, 2.24) is 14.9 Å². The Labute approximate surface area is 189 Å². The number of aromatic amines is 1. The van der Waals surface area contributed by atoms with Gasteiger partial charge in [-0.05, 0) is 36.2 Å². The van der Waals surface area contributed by atoms with Crippen molar-refractivity contribution in [2.75, 3.05) is 12.4 Å². The second-order valence-corrected chi connectivity index (χ2v) is 7.97. The lowest BCUT2D eigenvalue weighted by Gasteiger charge is -2.35. The van der Waals surface area contributed by atoms with Gasteiger partial charge in [-0.15, -0.1) is 0 Å². The monoisotopic (exact) mass is 442 g/mol. The van der Waals surface area contributed by atoms with Crippen molar-refractivity contribution in [3.63, 3.8) is 0 Å². The summed E-state index contributed by atoms with van der Waals surface area (Å²) in [5.74, 6) is -0.0211. The predicted molar refractivity (Wildman–Crippen MR) is 123 cm³/mol. The van der Waals surface area contributed by atoms with E-state index in [1.54, 1.807) is 42.5 Å². The van der Waals surface area contributed by atoms with Crippen LogP contribution in [0.15, 0.2) is 66.7 Å². The third kappa shape index (κ3) is 3.32. The lowest BCUT2D eigenvalue weighted by Crippen LogP contribution is -2.44. The highest BCUT2D eigenvalue weighted by Crippen LogP contribution is 2.43. The Balaban J connectivity index is 1.62. The number of fused-ring (bicyclic) bond motifs is 2. The molecular formula is C25H22N4O4. The number of ether oxygens (including phenoxy) is 1. The number of carbonyl (C=O) groups is 2. The Bertz CT molecular complexity index is 1400.